The van der Waals surface area contributed by atoms with Crippen LogP contribution in [0, 0.1) is 5.41 Å². The molecule has 0 aromatic carbocycles. The number of likely N-dealkylation sites (N-methyl/N-ethyl adjacent to an activating group) is 1. The second-order valence-corrected chi connectivity index (χ2v) is 7.18. The van der Waals surface area contributed by atoms with E-state index in [9.17, 15) is 0 Å². The van der Waals surface area contributed by atoms with Gasteiger partial charge in [0.1, 0.15) is 0 Å². The number of piperazine rings is 1. The molecule has 0 atom stereocenters. The van der Waals surface area contributed by atoms with Crippen molar-refractivity contribution >= 4 is 0 Å². The third-order valence-electron chi connectivity index (χ3n) is 5.17. The van der Waals surface area contributed by atoms with Crippen LogP contribution in [0.3, 0.4) is 0 Å². The number of hydrogen-bond donors (Lipinski definition) is 1. The van der Waals surface area contributed by atoms with Crippen LogP contribution in [-0.2, 0) is 0 Å². The first-order chi connectivity index (χ1) is 8.47. The molecule has 2 rings (SSSR count). The molecule has 2 aliphatic rings. The maximum Gasteiger partial charge on any atom is 0.0277 e. The van der Waals surface area contributed by atoms with E-state index in [1.165, 1.54) is 58.4 Å². The maximum atomic E-state index is 3.43. The summed E-state index contributed by atoms with van der Waals surface area (Å²) in [5.74, 6) is 0. The van der Waals surface area contributed by atoms with Crippen molar-refractivity contribution in [2.75, 3.05) is 46.8 Å². The van der Waals surface area contributed by atoms with Gasteiger partial charge in [-0.2, -0.15) is 0 Å². The minimum absolute atomic E-state index is 0.331. The van der Waals surface area contributed by atoms with Crippen LogP contribution in [0.2, 0.25) is 0 Å². The maximum absolute atomic E-state index is 3.43. The van der Waals surface area contributed by atoms with E-state index in [4.69, 9.17) is 0 Å². The van der Waals surface area contributed by atoms with Crippen LogP contribution in [0.1, 0.15) is 39.5 Å². The zero-order valence-corrected chi connectivity index (χ0v) is 12.8. The Labute approximate surface area is 113 Å². The highest BCUT2D eigenvalue weighted by atomic mass is 15.3. The summed E-state index contributed by atoms with van der Waals surface area (Å²) in [4.78, 5) is 5.21. The second kappa shape index (κ2) is 5.48. The summed E-state index contributed by atoms with van der Waals surface area (Å²) < 4.78 is 0. The van der Waals surface area contributed by atoms with Gasteiger partial charge in [-0.1, -0.05) is 12.8 Å². The largest absolute Gasteiger partial charge is 0.319 e. The summed E-state index contributed by atoms with van der Waals surface area (Å²) in [6.07, 6.45) is 5.69. The number of nitrogens with one attached hydrogen (secondary N) is 1. The molecule has 0 aromatic rings. The highest BCUT2D eigenvalue weighted by molar-refractivity contribution is 4.94. The molecule has 0 amide bonds. The lowest BCUT2D eigenvalue weighted by Crippen LogP contribution is -2.59. The van der Waals surface area contributed by atoms with E-state index in [2.05, 4.69) is 43.1 Å². The number of rotatable bonds is 4. The van der Waals surface area contributed by atoms with E-state index < -0.39 is 0 Å². The molecule has 18 heavy (non-hydrogen) atoms. The lowest BCUT2D eigenvalue weighted by atomic mass is 9.84. The Morgan fingerprint density at radius 1 is 1.11 bits per heavy atom. The van der Waals surface area contributed by atoms with Crippen molar-refractivity contribution < 1.29 is 0 Å². The van der Waals surface area contributed by atoms with Gasteiger partial charge in [-0.05, 0) is 46.2 Å². The fraction of sp³-hybridized carbons (Fsp3) is 1.00. The van der Waals surface area contributed by atoms with Gasteiger partial charge in [-0.3, -0.25) is 9.80 Å². The Morgan fingerprint density at radius 3 is 2.33 bits per heavy atom. The van der Waals surface area contributed by atoms with E-state index in [0.29, 0.717) is 11.0 Å². The molecule has 1 N–H and O–H groups in total. The van der Waals surface area contributed by atoms with Crippen LogP contribution in [0.5, 0.6) is 0 Å². The standard InChI is InChI=1S/C15H31N3/c1-14(2)12-18(10-9-17(14)4)13-15(11-16-3)7-5-6-8-15/h16H,5-13H2,1-4H3. The average Bonchev–Trinajstić information content (AvgIpc) is 2.72. The van der Waals surface area contributed by atoms with E-state index in [1.807, 2.05) is 0 Å². The molecular formula is C15H31N3. The molecule has 1 aliphatic carbocycles. The quantitative estimate of drug-likeness (QED) is 0.824. The molecule has 3 nitrogen and oxygen atoms in total. The molecule has 0 spiro atoms. The van der Waals surface area contributed by atoms with Gasteiger partial charge in [0.25, 0.3) is 0 Å². The minimum atomic E-state index is 0.331. The number of nitrogens with zero attached hydrogens (tertiary/aromatic N) is 2. The van der Waals surface area contributed by atoms with Crippen molar-refractivity contribution in [3.05, 3.63) is 0 Å². The Kier molecular flexibility index (Phi) is 4.35. The zero-order valence-electron chi connectivity index (χ0n) is 12.8. The molecule has 0 radical (unpaired) electrons. The van der Waals surface area contributed by atoms with Gasteiger partial charge in [-0.25, -0.2) is 0 Å². The van der Waals surface area contributed by atoms with Gasteiger partial charge in [-0.15, -0.1) is 0 Å². The van der Waals surface area contributed by atoms with Crippen LogP contribution in [-0.4, -0.2) is 62.2 Å². The van der Waals surface area contributed by atoms with E-state index in [0.717, 1.165) is 0 Å². The summed E-state index contributed by atoms with van der Waals surface area (Å²) >= 11 is 0. The van der Waals surface area contributed by atoms with Crippen molar-refractivity contribution in [3.63, 3.8) is 0 Å². The molecule has 3 heteroatoms. The third-order valence-corrected chi connectivity index (χ3v) is 5.17. The molecule has 0 aromatic heterocycles. The monoisotopic (exact) mass is 253 g/mol. The first kappa shape index (κ1) is 14.3. The van der Waals surface area contributed by atoms with Gasteiger partial charge >= 0.3 is 0 Å². The molecular weight excluding hydrogens is 222 g/mol. The van der Waals surface area contributed by atoms with Crippen LogP contribution >= 0.6 is 0 Å². The third kappa shape index (κ3) is 3.06. The van der Waals surface area contributed by atoms with Gasteiger partial charge in [0.15, 0.2) is 0 Å². The summed E-state index contributed by atoms with van der Waals surface area (Å²) in [6.45, 7) is 10.9. The normalized spacial score (nSPS) is 28.7. The highest BCUT2D eigenvalue weighted by Crippen LogP contribution is 2.39. The van der Waals surface area contributed by atoms with Crippen LogP contribution in [0.15, 0.2) is 0 Å². The zero-order chi connectivity index (χ0) is 13.2. The molecule has 106 valence electrons. The fourth-order valence-electron chi connectivity index (χ4n) is 3.84. The van der Waals surface area contributed by atoms with Crippen LogP contribution < -0.4 is 5.32 Å². The van der Waals surface area contributed by atoms with E-state index in [-0.39, 0.29) is 0 Å². The van der Waals surface area contributed by atoms with Crippen LogP contribution in [0.4, 0.5) is 0 Å². The summed E-state index contributed by atoms with van der Waals surface area (Å²) in [5.41, 5.74) is 0.887. The molecule has 2 fully saturated rings. The van der Waals surface area contributed by atoms with E-state index in [1.54, 1.807) is 0 Å². The first-order valence-corrected chi connectivity index (χ1v) is 7.56. The molecule has 0 bridgehead atoms. The summed E-state index contributed by atoms with van der Waals surface area (Å²) in [7, 11) is 4.37. The average molecular weight is 253 g/mol. The molecule has 0 unspecified atom stereocenters. The van der Waals surface area contributed by atoms with E-state index >= 15 is 0 Å². The van der Waals surface area contributed by atoms with Gasteiger partial charge < -0.3 is 5.32 Å². The fourth-order valence-corrected chi connectivity index (χ4v) is 3.84. The predicted molar refractivity (Wildman–Crippen MR) is 78.0 cm³/mol. The SMILES string of the molecule is CNCC1(CN2CCN(C)C(C)(C)C2)CCCC1. The minimum Gasteiger partial charge on any atom is -0.319 e. The molecule has 1 saturated carbocycles. The lowest BCUT2D eigenvalue weighted by molar-refractivity contribution is 0.0168. The smallest absolute Gasteiger partial charge is 0.0277 e. The Balaban J connectivity index is 1.96. The molecule has 1 saturated heterocycles. The second-order valence-electron chi connectivity index (χ2n) is 7.18. The van der Waals surface area contributed by atoms with Crippen molar-refractivity contribution in [2.45, 2.75) is 45.1 Å². The van der Waals surface area contributed by atoms with Gasteiger partial charge in [0.2, 0.25) is 0 Å². The van der Waals surface area contributed by atoms with Crippen molar-refractivity contribution in [2.24, 2.45) is 5.41 Å². The van der Waals surface area contributed by atoms with Crippen molar-refractivity contribution in [1.29, 1.82) is 0 Å². The summed E-state index contributed by atoms with van der Waals surface area (Å²) in [6, 6.07) is 0. The lowest BCUT2D eigenvalue weighted by Gasteiger charge is -2.47. The van der Waals surface area contributed by atoms with Crippen LogP contribution in [0.25, 0.3) is 0 Å². The van der Waals surface area contributed by atoms with Gasteiger partial charge in [0.05, 0.1) is 0 Å². The number of hydrogen-bond acceptors (Lipinski definition) is 3. The molecule has 1 heterocycles. The Hall–Kier alpha value is -0.120. The predicted octanol–water partition coefficient (Wildman–Crippen LogP) is 1.79. The topological polar surface area (TPSA) is 18.5 Å². The Morgan fingerprint density at radius 2 is 1.78 bits per heavy atom. The highest BCUT2D eigenvalue weighted by Gasteiger charge is 2.38. The van der Waals surface area contributed by atoms with Crippen molar-refractivity contribution in [3.8, 4) is 0 Å². The molecule has 1 aliphatic heterocycles. The van der Waals surface area contributed by atoms with Crippen molar-refractivity contribution in [1.82, 2.24) is 15.1 Å². The summed E-state index contributed by atoms with van der Waals surface area (Å²) in [5, 5.41) is 3.43. The first-order valence-electron chi connectivity index (χ1n) is 7.56. The van der Waals surface area contributed by atoms with Gasteiger partial charge in [0, 0.05) is 38.3 Å². The Bertz CT molecular complexity index is 269.